The van der Waals surface area contributed by atoms with E-state index in [1.54, 1.807) is 0 Å². The summed E-state index contributed by atoms with van der Waals surface area (Å²) in [7, 11) is -4.33. The number of nitrogen functional groups attached to an aromatic ring is 1. The van der Waals surface area contributed by atoms with E-state index in [-0.39, 0.29) is 74.5 Å². The molecule has 0 spiro atoms. The van der Waals surface area contributed by atoms with Gasteiger partial charge in [0.15, 0.2) is 24.1 Å². The van der Waals surface area contributed by atoms with Crippen LogP contribution in [0.15, 0.2) is 12.7 Å². The average molecular weight is 367 g/mol. The van der Waals surface area contributed by atoms with E-state index in [9.17, 15) is 4.57 Å². The van der Waals surface area contributed by atoms with Crippen molar-refractivity contribution in [3.63, 3.8) is 0 Å². The third kappa shape index (κ3) is 7.02. The van der Waals surface area contributed by atoms with Gasteiger partial charge in [-0.25, -0.2) is 15.0 Å². The molecule has 0 aromatic carbocycles. The Balaban J connectivity index is -0.00000121. The van der Waals surface area contributed by atoms with Gasteiger partial charge in [0.05, 0.1) is 12.9 Å². The van der Waals surface area contributed by atoms with Crippen LogP contribution in [-0.2, 0) is 20.8 Å². The Labute approximate surface area is 178 Å². The second-order valence-corrected chi connectivity index (χ2v) is 5.60. The second kappa shape index (κ2) is 10.4. The molecule has 0 aliphatic heterocycles. The van der Waals surface area contributed by atoms with Gasteiger partial charge >= 0.3 is 66.7 Å². The minimum atomic E-state index is -4.33. The van der Waals surface area contributed by atoms with Gasteiger partial charge in [-0.05, 0) is 0 Å². The van der Waals surface area contributed by atoms with Crippen molar-refractivity contribution in [1.82, 2.24) is 19.5 Å². The van der Waals surface area contributed by atoms with Crippen LogP contribution in [-0.4, -0.2) is 53.7 Å². The zero-order valence-corrected chi connectivity index (χ0v) is 17.6. The van der Waals surface area contributed by atoms with Gasteiger partial charge in [-0.15, -0.1) is 0 Å². The Bertz CT molecular complexity index is 677. The van der Waals surface area contributed by atoms with Gasteiger partial charge in [0.1, 0.15) is 18.6 Å². The molecule has 1 atom stereocenters. The predicted molar refractivity (Wildman–Crippen MR) is 71.9 cm³/mol. The van der Waals surface area contributed by atoms with E-state index in [4.69, 9.17) is 30.1 Å². The number of hydrogen-bond acceptors (Lipinski definition) is 8. The molecule has 14 heteroatoms. The minimum Gasteiger partial charge on any atom is -1.00 e. The molecule has 23 heavy (non-hydrogen) atoms. The molecular formula is C9H16N5Na2O6P. The maximum Gasteiger partial charge on any atom is 1.00 e. The van der Waals surface area contributed by atoms with Crippen molar-refractivity contribution >= 4 is 24.6 Å². The SMILES string of the molecule is Nc1ncnc2c1ncn2COC(CO)OCP(=O)(O)O.[H-].[H-].[Na+].[Na+]. The monoisotopic (exact) mass is 367 g/mol. The first-order valence-electron chi connectivity index (χ1n) is 5.70. The number of nitrogens with two attached hydrogens (primary N) is 1. The summed E-state index contributed by atoms with van der Waals surface area (Å²) in [6.45, 7) is -0.664. The fraction of sp³-hybridized carbons (Fsp3) is 0.444. The molecule has 0 radical (unpaired) electrons. The minimum absolute atomic E-state index is 0. The number of aliphatic hydroxyl groups excluding tert-OH is 1. The second-order valence-electron chi connectivity index (χ2n) is 4.01. The summed E-state index contributed by atoms with van der Waals surface area (Å²) >= 11 is 0. The Kier molecular flexibility index (Phi) is 10.6. The molecule has 2 aromatic heterocycles. The molecule has 0 aliphatic rings. The first kappa shape index (κ1) is 23.4. The predicted octanol–water partition coefficient (Wildman–Crippen LogP) is -6.91. The third-order valence-corrected chi connectivity index (χ3v) is 2.89. The summed E-state index contributed by atoms with van der Waals surface area (Å²) in [5.41, 5.74) is 6.45. The Morgan fingerprint density at radius 3 is 2.61 bits per heavy atom. The number of ether oxygens (including phenoxy) is 2. The smallest absolute Gasteiger partial charge is 1.00 e. The molecule has 0 amide bonds. The molecule has 0 aliphatic carbocycles. The summed E-state index contributed by atoms with van der Waals surface area (Å²) in [5.74, 6) is 0.218. The number of aliphatic hydroxyl groups is 1. The van der Waals surface area contributed by atoms with Crippen LogP contribution in [0.2, 0.25) is 0 Å². The fourth-order valence-corrected chi connectivity index (χ4v) is 1.85. The first-order chi connectivity index (χ1) is 9.90. The van der Waals surface area contributed by atoms with Crippen LogP contribution >= 0.6 is 7.60 Å². The van der Waals surface area contributed by atoms with Gasteiger partial charge < -0.3 is 33.0 Å². The molecular weight excluding hydrogens is 351 g/mol. The molecule has 2 heterocycles. The summed E-state index contributed by atoms with van der Waals surface area (Å²) in [6.07, 6.45) is 0.642. The topological polar surface area (TPSA) is 166 Å². The number of rotatable bonds is 7. The number of anilines is 1. The summed E-state index contributed by atoms with van der Waals surface area (Å²) in [4.78, 5) is 29.2. The molecule has 2 rings (SSSR count). The van der Waals surface area contributed by atoms with Crippen molar-refractivity contribution in [2.45, 2.75) is 13.0 Å². The maximum absolute atomic E-state index is 10.7. The van der Waals surface area contributed by atoms with Gasteiger partial charge in [0.25, 0.3) is 0 Å². The van der Waals surface area contributed by atoms with Gasteiger partial charge in [0, 0.05) is 0 Å². The van der Waals surface area contributed by atoms with Gasteiger partial charge in [-0.2, -0.15) is 0 Å². The largest absolute Gasteiger partial charge is 1.00 e. The fourth-order valence-electron chi connectivity index (χ4n) is 1.49. The molecule has 2 aromatic rings. The van der Waals surface area contributed by atoms with E-state index >= 15 is 0 Å². The summed E-state index contributed by atoms with van der Waals surface area (Å²) < 4.78 is 22.1. The van der Waals surface area contributed by atoms with Crippen LogP contribution in [0.25, 0.3) is 11.2 Å². The van der Waals surface area contributed by atoms with Crippen LogP contribution in [0.5, 0.6) is 0 Å². The number of fused-ring (bicyclic) bond motifs is 1. The molecule has 0 saturated heterocycles. The standard InChI is InChI=1S/C9H14N5O6P.2Na.2H/c10-8-7-9(12-2-11-8)14(3-13-7)4-19-6(1-15)20-5-21(16,17)18;;;;/h2-3,6,15H,1,4-5H2,(H2,10,11,12)(H2,16,17,18);;;;/q;2*+1;2*-1. The van der Waals surface area contributed by atoms with E-state index in [0.717, 1.165) is 0 Å². The van der Waals surface area contributed by atoms with Crippen LogP contribution in [0, 0.1) is 0 Å². The third-order valence-electron chi connectivity index (χ3n) is 2.41. The van der Waals surface area contributed by atoms with E-state index < -0.39 is 26.8 Å². The zero-order chi connectivity index (χ0) is 15.5. The van der Waals surface area contributed by atoms with Crippen LogP contribution in [0.1, 0.15) is 2.85 Å². The van der Waals surface area contributed by atoms with Crippen molar-refractivity contribution in [2.75, 3.05) is 18.7 Å². The van der Waals surface area contributed by atoms with Crippen molar-refractivity contribution < 1.29 is 90.9 Å². The van der Waals surface area contributed by atoms with Crippen molar-refractivity contribution in [1.29, 1.82) is 0 Å². The van der Waals surface area contributed by atoms with Gasteiger partial charge in [0.2, 0.25) is 0 Å². The van der Waals surface area contributed by atoms with Crippen molar-refractivity contribution in [3.8, 4) is 0 Å². The molecule has 5 N–H and O–H groups in total. The zero-order valence-electron chi connectivity index (χ0n) is 14.7. The Morgan fingerprint density at radius 1 is 1.30 bits per heavy atom. The van der Waals surface area contributed by atoms with E-state index in [1.165, 1.54) is 17.2 Å². The van der Waals surface area contributed by atoms with Gasteiger partial charge in [-0.1, -0.05) is 0 Å². The molecule has 120 valence electrons. The Morgan fingerprint density at radius 2 is 2.00 bits per heavy atom. The van der Waals surface area contributed by atoms with Crippen LogP contribution in [0.4, 0.5) is 5.82 Å². The molecule has 11 nitrogen and oxygen atoms in total. The number of aromatic nitrogens is 4. The van der Waals surface area contributed by atoms with E-state index in [0.29, 0.717) is 11.2 Å². The summed E-state index contributed by atoms with van der Waals surface area (Å²) in [6, 6.07) is 0. The molecule has 0 bridgehead atoms. The summed E-state index contributed by atoms with van der Waals surface area (Å²) in [5, 5.41) is 9.04. The number of imidazole rings is 1. The van der Waals surface area contributed by atoms with Crippen molar-refractivity contribution in [2.24, 2.45) is 0 Å². The van der Waals surface area contributed by atoms with E-state index in [2.05, 4.69) is 15.0 Å². The van der Waals surface area contributed by atoms with Crippen LogP contribution < -0.4 is 64.8 Å². The molecule has 1 unspecified atom stereocenters. The van der Waals surface area contributed by atoms with Crippen LogP contribution in [0.3, 0.4) is 0 Å². The number of nitrogens with zero attached hydrogens (tertiary/aromatic N) is 4. The molecule has 0 saturated carbocycles. The van der Waals surface area contributed by atoms with E-state index in [1.807, 2.05) is 0 Å². The number of hydrogen-bond donors (Lipinski definition) is 4. The first-order valence-corrected chi connectivity index (χ1v) is 7.50. The quantitative estimate of drug-likeness (QED) is 0.210. The normalized spacial score (nSPS) is 12.5. The maximum atomic E-state index is 10.7. The average Bonchev–Trinajstić information content (AvgIpc) is 2.83. The Hall–Kier alpha value is 0.380. The van der Waals surface area contributed by atoms with Crippen molar-refractivity contribution in [3.05, 3.63) is 12.7 Å². The van der Waals surface area contributed by atoms with Gasteiger partial charge in [-0.3, -0.25) is 9.13 Å². The molecule has 0 fully saturated rings.